The fraction of sp³-hybridized carbons (Fsp3) is 0. The van der Waals surface area contributed by atoms with Crippen molar-refractivity contribution in [2.45, 2.75) is 0 Å². The van der Waals surface area contributed by atoms with Crippen LogP contribution in [0.4, 0.5) is 0 Å². The van der Waals surface area contributed by atoms with E-state index >= 15 is 0 Å². The Morgan fingerprint density at radius 2 is 1.69 bits per heavy atom. The van der Waals surface area contributed by atoms with Crippen molar-refractivity contribution >= 4 is 16.2 Å². The van der Waals surface area contributed by atoms with Gasteiger partial charge in [-0.1, -0.05) is 30.3 Å². The first kappa shape index (κ1) is 13.7. The summed E-state index contributed by atoms with van der Waals surface area (Å²) in [7, 11) is -4.25. The molecule has 0 atom stereocenters. The van der Waals surface area contributed by atoms with E-state index in [1.54, 1.807) is 24.3 Å². The fourth-order valence-electron chi connectivity index (χ4n) is 0.726. The summed E-state index contributed by atoms with van der Waals surface area (Å²) in [6, 6.07) is 8.75. The molecule has 3 nitrogen and oxygen atoms in total. The summed E-state index contributed by atoms with van der Waals surface area (Å²) in [4.78, 5) is 0. The third-order valence-corrected chi connectivity index (χ3v) is 1.70. The average molecular weight is 269 g/mol. The summed E-state index contributed by atoms with van der Waals surface area (Å²) in [6.45, 7) is 0. The maximum atomic E-state index is 10.2. The second kappa shape index (κ2) is 6.21. The van der Waals surface area contributed by atoms with E-state index in [1.165, 1.54) is 6.08 Å². The Labute approximate surface area is 126 Å². The zero-order chi connectivity index (χ0) is 9.03. The van der Waals surface area contributed by atoms with E-state index in [0.29, 0.717) is 11.0 Å². The molecule has 0 radical (unpaired) electrons. The third kappa shape index (κ3) is 6.71. The van der Waals surface area contributed by atoms with Crippen LogP contribution in [0.1, 0.15) is 5.56 Å². The fourth-order valence-corrected chi connectivity index (χ4v) is 1.05. The SMILES string of the molecule is O=S(=O)([O-])C=Cc1ccccc1.[Rb+]. The quantitative estimate of drug-likeness (QED) is 0.595. The monoisotopic (exact) mass is 268 g/mol. The van der Waals surface area contributed by atoms with Gasteiger partial charge in [0.05, 0.1) is 0 Å². The zero-order valence-electron chi connectivity index (χ0n) is 7.17. The molecule has 0 heterocycles. The maximum Gasteiger partial charge on any atom is 1.00 e. The van der Waals surface area contributed by atoms with Crippen LogP contribution in [0, 0.1) is 0 Å². The number of benzene rings is 1. The summed E-state index contributed by atoms with van der Waals surface area (Å²) >= 11 is 0. The van der Waals surface area contributed by atoms with Crippen LogP contribution in [0.25, 0.3) is 6.08 Å². The normalized spacial score (nSPS) is 11.2. The Morgan fingerprint density at radius 3 is 2.15 bits per heavy atom. The summed E-state index contributed by atoms with van der Waals surface area (Å²) in [6.07, 6.45) is 1.27. The Balaban J connectivity index is 0.00000144. The molecule has 0 fully saturated rings. The third-order valence-electron chi connectivity index (χ3n) is 1.23. The molecule has 0 unspecified atom stereocenters. The first-order valence-electron chi connectivity index (χ1n) is 3.27. The molecule has 0 spiro atoms. The van der Waals surface area contributed by atoms with Crippen molar-refractivity contribution in [3.63, 3.8) is 0 Å². The smallest absolute Gasteiger partial charge is 0.744 e. The van der Waals surface area contributed by atoms with Gasteiger partial charge in [0.25, 0.3) is 0 Å². The number of rotatable bonds is 2. The molecule has 64 valence electrons. The minimum absolute atomic E-state index is 0. The molecule has 0 aliphatic rings. The molecule has 0 aliphatic heterocycles. The van der Waals surface area contributed by atoms with Crippen molar-refractivity contribution in [3.8, 4) is 0 Å². The van der Waals surface area contributed by atoms with E-state index < -0.39 is 10.1 Å². The molecule has 13 heavy (non-hydrogen) atoms. The van der Waals surface area contributed by atoms with Crippen molar-refractivity contribution in [2.24, 2.45) is 0 Å². The standard InChI is InChI=1S/C8H8O3S.Rb/c9-12(10,11)7-6-8-4-2-1-3-5-8;/h1-7H,(H,9,10,11);/q;+1/p-1. The molecule has 1 rings (SSSR count). The van der Waals surface area contributed by atoms with Crippen LogP contribution in [-0.4, -0.2) is 13.0 Å². The maximum absolute atomic E-state index is 10.2. The summed E-state index contributed by atoms with van der Waals surface area (Å²) in [5.74, 6) is 0. The molecule has 0 saturated carbocycles. The van der Waals surface area contributed by atoms with E-state index in [1.807, 2.05) is 6.07 Å². The molecule has 0 aliphatic carbocycles. The average Bonchev–Trinajstić information content (AvgIpc) is 2.02. The summed E-state index contributed by atoms with van der Waals surface area (Å²) in [5, 5.41) is 0.641. The molecule has 5 heteroatoms. The largest absolute Gasteiger partial charge is 1.00 e. The summed E-state index contributed by atoms with van der Waals surface area (Å²) in [5.41, 5.74) is 0.692. The minimum Gasteiger partial charge on any atom is -0.744 e. The van der Waals surface area contributed by atoms with Crippen molar-refractivity contribution in [1.29, 1.82) is 0 Å². The Morgan fingerprint density at radius 1 is 1.15 bits per heavy atom. The topological polar surface area (TPSA) is 57.2 Å². The molecule has 0 saturated heterocycles. The van der Waals surface area contributed by atoms with E-state index in [4.69, 9.17) is 0 Å². The molecule has 0 N–H and O–H groups in total. The number of hydrogen-bond donors (Lipinski definition) is 0. The van der Waals surface area contributed by atoms with E-state index in [9.17, 15) is 13.0 Å². The molecular weight excluding hydrogens is 262 g/mol. The van der Waals surface area contributed by atoms with Crippen molar-refractivity contribution in [1.82, 2.24) is 0 Å². The van der Waals surface area contributed by atoms with Crippen molar-refractivity contribution in [3.05, 3.63) is 41.3 Å². The first-order chi connectivity index (χ1) is 5.58. The van der Waals surface area contributed by atoms with Crippen LogP contribution in [0.3, 0.4) is 0 Å². The van der Waals surface area contributed by atoms with Gasteiger partial charge in [-0.25, -0.2) is 8.42 Å². The molecule has 0 aromatic heterocycles. The molecule has 0 amide bonds. The van der Waals surface area contributed by atoms with E-state index in [-0.39, 0.29) is 58.2 Å². The van der Waals surface area contributed by atoms with Gasteiger partial charge in [-0.2, -0.15) is 0 Å². The second-order valence-corrected chi connectivity index (χ2v) is 3.46. The Bertz CT molecular complexity index is 370. The molecule has 1 aromatic rings. The van der Waals surface area contributed by atoms with Gasteiger partial charge in [0, 0.05) is 5.41 Å². The van der Waals surface area contributed by atoms with Crippen molar-refractivity contribution < 1.29 is 71.2 Å². The van der Waals surface area contributed by atoms with Gasteiger partial charge < -0.3 is 4.55 Å². The minimum atomic E-state index is -4.25. The Kier molecular flexibility index (Phi) is 6.54. The molecule has 1 aromatic carbocycles. The van der Waals surface area contributed by atoms with Crippen LogP contribution < -0.4 is 58.2 Å². The van der Waals surface area contributed by atoms with Gasteiger partial charge >= 0.3 is 58.2 Å². The van der Waals surface area contributed by atoms with Crippen LogP contribution in [0.5, 0.6) is 0 Å². The van der Waals surface area contributed by atoms with Gasteiger partial charge in [0.2, 0.25) is 0 Å². The molecular formula is C8H7O3RbS. The zero-order valence-corrected chi connectivity index (χ0v) is 12.9. The van der Waals surface area contributed by atoms with E-state index in [2.05, 4.69) is 0 Å². The van der Waals surface area contributed by atoms with Gasteiger partial charge in [-0.15, -0.1) is 0 Å². The van der Waals surface area contributed by atoms with Crippen LogP contribution in [-0.2, 0) is 10.1 Å². The van der Waals surface area contributed by atoms with Crippen LogP contribution in [0.15, 0.2) is 35.7 Å². The van der Waals surface area contributed by atoms with E-state index in [0.717, 1.165) is 0 Å². The van der Waals surface area contributed by atoms with Crippen LogP contribution in [0.2, 0.25) is 0 Å². The van der Waals surface area contributed by atoms with Gasteiger partial charge in [-0.05, 0) is 11.6 Å². The number of hydrogen-bond acceptors (Lipinski definition) is 3. The predicted molar refractivity (Wildman–Crippen MR) is 45.2 cm³/mol. The van der Waals surface area contributed by atoms with Gasteiger partial charge in [0.1, 0.15) is 10.1 Å². The second-order valence-electron chi connectivity index (χ2n) is 2.21. The molecule has 0 bridgehead atoms. The summed E-state index contributed by atoms with van der Waals surface area (Å²) < 4.78 is 30.5. The Hall–Kier alpha value is 0.675. The first-order valence-corrected chi connectivity index (χ1v) is 4.74. The van der Waals surface area contributed by atoms with Gasteiger partial charge in [0.15, 0.2) is 0 Å². The van der Waals surface area contributed by atoms with Crippen molar-refractivity contribution in [2.75, 3.05) is 0 Å². The predicted octanol–water partition coefficient (Wildman–Crippen LogP) is -1.79. The van der Waals surface area contributed by atoms with Crippen LogP contribution >= 0.6 is 0 Å². The van der Waals surface area contributed by atoms with Gasteiger partial charge in [-0.3, -0.25) is 0 Å².